The van der Waals surface area contributed by atoms with Gasteiger partial charge in [-0.3, -0.25) is 0 Å². The molecular formula is C12H17NO5. The van der Waals surface area contributed by atoms with Crippen molar-refractivity contribution < 1.29 is 25.2 Å². The average Bonchev–Trinajstić information content (AvgIpc) is 2.40. The number of nitrogens with one attached hydrogen (secondary N) is 1. The summed E-state index contributed by atoms with van der Waals surface area (Å²) < 4.78 is 5.31. The smallest absolute Gasteiger partial charge is 0.157 e. The van der Waals surface area contributed by atoms with Gasteiger partial charge in [0.05, 0.1) is 6.61 Å². The molecule has 0 aromatic heterocycles. The van der Waals surface area contributed by atoms with E-state index in [2.05, 4.69) is 5.32 Å². The third-order valence-electron chi connectivity index (χ3n) is 2.97. The Bertz CT molecular complexity index is 372. The van der Waals surface area contributed by atoms with Gasteiger partial charge in [0.2, 0.25) is 0 Å². The molecule has 100 valence electrons. The van der Waals surface area contributed by atoms with E-state index in [9.17, 15) is 15.3 Å². The van der Waals surface area contributed by atoms with Crippen LogP contribution in [0, 0.1) is 0 Å². The molecule has 0 radical (unpaired) electrons. The van der Waals surface area contributed by atoms with E-state index in [1.807, 2.05) is 18.2 Å². The first-order valence-corrected chi connectivity index (χ1v) is 5.75. The van der Waals surface area contributed by atoms with Crippen molar-refractivity contribution in [2.75, 3.05) is 11.9 Å². The third kappa shape index (κ3) is 2.63. The van der Waals surface area contributed by atoms with Crippen LogP contribution in [-0.2, 0) is 4.74 Å². The van der Waals surface area contributed by atoms with Gasteiger partial charge in [-0.05, 0) is 12.1 Å². The molecular weight excluding hydrogens is 238 g/mol. The Kier molecular flexibility index (Phi) is 4.15. The van der Waals surface area contributed by atoms with Crippen LogP contribution in [0.2, 0.25) is 0 Å². The number of rotatable bonds is 3. The Morgan fingerprint density at radius 3 is 2.28 bits per heavy atom. The summed E-state index contributed by atoms with van der Waals surface area (Å²) in [5.74, 6) is 0. The van der Waals surface area contributed by atoms with Gasteiger partial charge in [0.15, 0.2) is 6.23 Å². The molecule has 1 saturated heterocycles. The molecule has 0 saturated carbocycles. The quantitative estimate of drug-likeness (QED) is 0.470. The summed E-state index contributed by atoms with van der Waals surface area (Å²) in [7, 11) is 0. The molecule has 5 N–H and O–H groups in total. The molecule has 6 heteroatoms. The van der Waals surface area contributed by atoms with Crippen LogP contribution >= 0.6 is 0 Å². The van der Waals surface area contributed by atoms with Crippen LogP contribution in [0.25, 0.3) is 0 Å². The largest absolute Gasteiger partial charge is 0.394 e. The number of anilines is 1. The lowest BCUT2D eigenvalue weighted by Gasteiger charge is -2.40. The highest BCUT2D eigenvalue weighted by Gasteiger charge is 2.43. The van der Waals surface area contributed by atoms with Crippen molar-refractivity contribution in [3.8, 4) is 0 Å². The van der Waals surface area contributed by atoms with Gasteiger partial charge in [-0.1, -0.05) is 18.2 Å². The second-order valence-corrected chi connectivity index (χ2v) is 4.26. The summed E-state index contributed by atoms with van der Waals surface area (Å²) in [6.45, 7) is -0.433. The second kappa shape index (κ2) is 5.64. The lowest BCUT2D eigenvalue weighted by atomic mass is 9.98. The summed E-state index contributed by atoms with van der Waals surface area (Å²) in [4.78, 5) is 0. The number of para-hydroxylation sites is 1. The molecule has 1 aromatic rings. The Labute approximate surface area is 104 Å². The van der Waals surface area contributed by atoms with E-state index in [4.69, 9.17) is 9.84 Å². The predicted molar refractivity (Wildman–Crippen MR) is 63.8 cm³/mol. The van der Waals surface area contributed by atoms with Gasteiger partial charge in [0, 0.05) is 5.69 Å². The molecule has 0 bridgehead atoms. The van der Waals surface area contributed by atoms with Gasteiger partial charge in [-0.15, -0.1) is 0 Å². The second-order valence-electron chi connectivity index (χ2n) is 4.26. The van der Waals surface area contributed by atoms with Crippen molar-refractivity contribution in [3.05, 3.63) is 30.3 Å². The third-order valence-corrected chi connectivity index (χ3v) is 2.97. The minimum Gasteiger partial charge on any atom is -0.394 e. The first-order valence-electron chi connectivity index (χ1n) is 5.75. The number of hydrogen-bond acceptors (Lipinski definition) is 6. The summed E-state index contributed by atoms with van der Waals surface area (Å²) >= 11 is 0. The fourth-order valence-corrected chi connectivity index (χ4v) is 1.92. The molecule has 1 aliphatic heterocycles. The fraction of sp³-hybridized carbons (Fsp3) is 0.500. The minimum atomic E-state index is -1.36. The molecule has 6 nitrogen and oxygen atoms in total. The summed E-state index contributed by atoms with van der Waals surface area (Å²) in [5, 5.41) is 41.0. The Morgan fingerprint density at radius 2 is 1.67 bits per heavy atom. The van der Waals surface area contributed by atoms with E-state index in [1.54, 1.807) is 12.1 Å². The van der Waals surface area contributed by atoms with E-state index >= 15 is 0 Å². The zero-order valence-electron chi connectivity index (χ0n) is 9.68. The number of ether oxygens (including phenoxy) is 1. The highest BCUT2D eigenvalue weighted by molar-refractivity contribution is 5.43. The van der Waals surface area contributed by atoms with Crippen LogP contribution in [-0.4, -0.2) is 57.7 Å². The summed E-state index contributed by atoms with van der Waals surface area (Å²) in [5.41, 5.74) is 0.710. The number of aliphatic hydroxyl groups excluding tert-OH is 4. The lowest BCUT2D eigenvalue weighted by Crippen LogP contribution is -2.60. The van der Waals surface area contributed by atoms with Crippen LogP contribution in [0.1, 0.15) is 0 Å². The van der Waals surface area contributed by atoms with Gasteiger partial charge in [-0.2, -0.15) is 0 Å². The van der Waals surface area contributed by atoms with Crippen molar-refractivity contribution in [3.63, 3.8) is 0 Å². The van der Waals surface area contributed by atoms with Crippen molar-refractivity contribution in [2.45, 2.75) is 30.6 Å². The highest BCUT2D eigenvalue weighted by Crippen LogP contribution is 2.22. The van der Waals surface area contributed by atoms with Gasteiger partial charge in [0.25, 0.3) is 0 Å². The van der Waals surface area contributed by atoms with E-state index in [1.165, 1.54) is 0 Å². The van der Waals surface area contributed by atoms with E-state index in [0.29, 0.717) is 5.69 Å². The molecule has 18 heavy (non-hydrogen) atoms. The van der Waals surface area contributed by atoms with Gasteiger partial charge in [-0.25, -0.2) is 0 Å². The number of benzene rings is 1. The number of aliphatic hydroxyl groups is 4. The van der Waals surface area contributed by atoms with Gasteiger partial charge in [0.1, 0.15) is 24.4 Å². The topological polar surface area (TPSA) is 102 Å². The molecule has 0 unspecified atom stereocenters. The van der Waals surface area contributed by atoms with Crippen LogP contribution in [0.3, 0.4) is 0 Å². The van der Waals surface area contributed by atoms with Gasteiger partial charge < -0.3 is 30.5 Å². The van der Waals surface area contributed by atoms with Crippen molar-refractivity contribution in [1.82, 2.24) is 0 Å². The zero-order chi connectivity index (χ0) is 13.1. The maximum atomic E-state index is 9.80. The van der Waals surface area contributed by atoms with E-state index in [-0.39, 0.29) is 0 Å². The molecule has 1 aliphatic rings. The lowest BCUT2D eigenvalue weighted by molar-refractivity contribution is -0.221. The van der Waals surface area contributed by atoms with Crippen molar-refractivity contribution in [2.24, 2.45) is 0 Å². The fourth-order valence-electron chi connectivity index (χ4n) is 1.92. The average molecular weight is 255 g/mol. The monoisotopic (exact) mass is 255 g/mol. The SMILES string of the molecule is OC[C@@H]1O[C@H](Nc2ccccc2)[C@H](O)[C@@H](O)[C@@H]1O. The standard InChI is InChI=1S/C12H17NO5/c14-6-8-9(15)10(16)11(17)12(18-8)13-7-4-2-1-3-5-7/h1-5,8-17H,6H2/t8-,9+,10-,11+,12-/m0/s1. The Morgan fingerprint density at radius 1 is 1.00 bits per heavy atom. The zero-order valence-corrected chi connectivity index (χ0v) is 9.68. The highest BCUT2D eigenvalue weighted by atomic mass is 16.6. The van der Waals surface area contributed by atoms with Gasteiger partial charge >= 0.3 is 0 Å². The molecule has 5 atom stereocenters. The Balaban J connectivity index is 2.08. The number of hydrogen-bond donors (Lipinski definition) is 5. The molecule has 0 spiro atoms. The first-order chi connectivity index (χ1) is 8.63. The van der Waals surface area contributed by atoms with Crippen molar-refractivity contribution >= 4 is 5.69 Å². The minimum absolute atomic E-state index is 0.433. The molecule has 1 aromatic carbocycles. The molecule has 0 amide bonds. The Hall–Kier alpha value is -1.18. The van der Waals surface area contributed by atoms with Crippen LogP contribution in [0.15, 0.2) is 30.3 Å². The maximum Gasteiger partial charge on any atom is 0.157 e. The molecule has 2 rings (SSSR count). The predicted octanol–water partition coefficient (Wildman–Crippen LogP) is -1.10. The summed E-state index contributed by atoms with van der Waals surface area (Å²) in [6, 6.07) is 9.03. The van der Waals surface area contributed by atoms with Crippen LogP contribution in [0.5, 0.6) is 0 Å². The molecule has 1 fully saturated rings. The normalized spacial score (nSPS) is 36.3. The summed E-state index contributed by atoms with van der Waals surface area (Å²) in [6.07, 6.45) is -5.76. The first kappa shape index (κ1) is 13.3. The van der Waals surface area contributed by atoms with Crippen LogP contribution in [0.4, 0.5) is 5.69 Å². The molecule has 1 heterocycles. The van der Waals surface area contributed by atoms with E-state index < -0.39 is 37.3 Å². The maximum absolute atomic E-state index is 9.80. The van der Waals surface area contributed by atoms with E-state index in [0.717, 1.165) is 0 Å². The van der Waals surface area contributed by atoms with Crippen LogP contribution < -0.4 is 5.32 Å². The van der Waals surface area contributed by atoms with Crippen molar-refractivity contribution in [1.29, 1.82) is 0 Å². The molecule has 0 aliphatic carbocycles.